The standard InChI is InChI=1S/C50H60N8O8/c1-6-32-12-15-39(57(32)47(59)42(26(2)3)55-49(61)63-4)45-51-24-37(53-45)29-10-13-33-31(20-29)25-66-41-23-34-28(21-35(33)41)11-14-36-44(34)54-46(52-36)40-22-30-8-7-9-38(30)58(40)48(60)43(56-50(62)64-5)27-16-18-65-19-17-27/h10-11,13-14,20-21,23-24,26-27,30,32,38-40,42-43H,6-9,12,15-19,22,25H2,1-5H3,(H,51,53)(H,52,54)(H,55,61)(H,56,62)/t30-,32-,38-,39-,40-,42-,43-/m0/s1. The molecule has 6 heterocycles. The Kier molecular flexibility index (Phi) is 11.9. The van der Waals surface area contributed by atoms with Gasteiger partial charge < -0.3 is 49.3 Å². The van der Waals surface area contributed by atoms with E-state index in [2.05, 4.69) is 70.0 Å². The zero-order valence-corrected chi connectivity index (χ0v) is 38.4. The molecule has 10 rings (SSSR count). The fourth-order valence-electron chi connectivity index (χ4n) is 11.7. The maximum absolute atomic E-state index is 14.7. The molecule has 0 radical (unpaired) electrons. The van der Waals surface area contributed by atoms with Crippen LogP contribution in [0.25, 0.3) is 44.2 Å². The quantitative estimate of drug-likeness (QED) is 0.107. The molecule has 2 aromatic heterocycles. The first-order valence-electron chi connectivity index (χ1n) is 23.7. The first-order chi connectivity index (χ1) is 32.0. The summed E-state index contributed by atoms with van der Waals surface area (Å²) in [7, 11) is 2.63. The number of aromatic nitrogens is 4. The smallest absolute Gasteiger partial charge is 0.407 e. The average molecular weight is 901 g/mol. The molecule has 4 fully saturated rings. The molecule has 16 heteroatoms. The van der Waals surface area contributed by atoms with Gasteiger partial charge in [0, 0.05) is 36.2 Å². The molecule has 4 N–H and O–H groups in total. The highest BCUT2D eigenvalue weighted by atomic mass is 16.5. The van der Waals surface area contributed by atoms with Crippen molar-refractivity contribution < 1.29 is 38.1 Å². The molecule has 5 aliphatic rings. The van der Waals surface area contributed by atoms with E-state index < -0.39 is 24.3 Å². The third kappa shape index (κ3) is 7.79. The summed E-state index contributed by atoms with van der Waals surface area (Å²) in [5.74, 6) is 2.25. The molecule has 0 bridgehead atoms. The molecule has 5 aromatic rings. The Morgan fingerprint density at radius 2 is 1.65 bits per heavy atom. The molecule has 348 valence electrons. The summed E-state index contributed by atoms with van der Waals surface area (Å²) in [6.45, 7) is 7.42. The fourth-order valence-corrected chi connectivity index (χ4v) is 11.7. The topological polar surface area (TPSA) is 193 Å². The normalized spacial score (nSPS) is 23.6. The number of rotatable bonds is 10. The summed E-state index contributed by atoms with van der Waals surface area (Å²) in [6.07, 6.45) is 8.28. The van der Waals surface area contributed by atoms with Gasteiger partial charge in [0.25, 0.3) is 0 Å². The number of hydrogen-bond acceptors (Lipinski definition) is 10. The highest BCUT2D eigenvalue weighted by Gasteiger charge is 2.50. The number of carbonyl (C=O) groups excluding carboxylic acids is 4. The van der Waals surface area contributed by atoms with Crippen LogP contribution in [0.3, 0.4) is 0 Å². The van der Waals surface area contributed by atoms with Crippen molar-refractivity contribution in [3.8, 4) is 28.1 Å². The van der Waals surface area contributed by atoms with E-state index in [1.807, 2.05) is 29.8 Å². The molecule has 0 unspecified atom stereocenters. The van der Waals surface area contributed by atoms with Crippen molar-refractivity contribution in [1.29, 1.82) is 0 Å². The van der Waals surface area contributed by atoms with Crippen molar-refractivity contribution in [2.45, 2.75) is 121 Å². The van der Waals surface area contributed by atoms with Gasteiger partial charge in [0.05, 0.1) is 49.2 Å². The molecule has 7 atom stereocenters. The second kappa shape index (κ2) is 17.9. The van der Waals surface area contributed by atoms with Crippen molar-refractivity contribution >= 4 is 45.8 Å². The van der Waals surface area contributed by atoms with E-state index >= 15 is 0 Å². The number of alkyl carbamates (subject to hydrolysis) is 2. The predicted octanol–water partition coefficient (Wildman–Crippen LogP) is 8.08. The number of likely N-dealkylation sites (tertiary alicyclic amines) is 2. The zero-order valence-electron chi connectivity index (χ0n) is 38.4. The van der Waals surface area contributed by atoms with Gasteiger partial charge in [-0.2, -0.15) is 0 Å². The molecule has 1 aliphatic carbocycles. The van der Waals surface area contributed by atoms with Gasteiger partial charge in [-0.25, -0.2) is 19.6 Å². The number of nitrogens with zero attached hydrogens (tertiary/aromatic N) is 4. The van der Waals surface area contributed by atoms with Gasteiger partial charge in [0.15, 0.2) is 0 Å². The Morgan fingerprint density at radius 3 is 2.42 bits per heavy atom. The van der Waals surface area contributed by atoms with Crippen LogP contribution in [0.15, 0.2) is 48.7 Å². The number of hydrogen-bond donors (Lipinski definition) is 4. The molecule has 66 heavy (non-hydrogen) atoms. The average Bonchev–Trinajstić information content (AvgIpc) is 4.19. The first kappa shape index (κ1) is 43.7. The lowest BCUT2D eigenvalue weighted by Crippen LogP contribution is -2.55. The van der Waals surface area contributed by atoms with Crippen LogP contribution in [0.1, 0.15) is 108 Å². The Balaban J connectivity index is 0.915. The van der Waals surface area contributed by atoms with Gasteiger partial charge >= 0.3 is 12.2 Å². The summed E-state index contributed by atoms with van der Waals surface area (Å²) >= 11 is 0. The molecule has 4 aliphatic heterocycles. The van der Waals surface area contributed by atoms with Crippen LogP contribution in [-0.4, -0.2) is 105 Å². The highest BCUT2D eigenvalue weighted by molar-refractivity contribution is 6.07. The number of fused-ring (bicyclic) bond motifs is 7. The number of amides is 4. The molecule has 4 amide bonds. The molecular weight excluding hydrogens is 841 g/mol. The number of imidazole rings is 2. The third-order valence-corrected chi connectivity index (χ3v) is 15.1. The number of methoxy groups -OCH3 is 2. The summed E-state index contributed by atoms with van der Waals surface area (Å²) in [5, 5.41) is 7.66. The van der Waals surface area contributed by atoms with Crippen molar-refractivity contribution in [3.05, 3.63) is 65.9 Å². The van der Waals surface area contributed by atoms with Gasteiger partial charge in [-0.05, 0) is 115 Å². The summed E-state index contributed by atoms with van der Waals surface area (Å²) in [6, 6.07) is 13.0. The number of aromatic amines is 2. The molecule has 0 spiro atoms. The van der Waals surface area contributed by atoms with E-state index in [4.69, 9.17) is 28.9 Å². The van der Waals surface area contributed by atoms with Gasteiger partial charge in [-0.3, -0.25) is 9.59 Å². The number of nitrogens with one attached hydrogen (secondary N) is 4. The van der Waals surface area contributed by atoms with Crippen molar-refractivity contribution in [1.82, 2.24) is 40.4 Å². The molecule has 1 saturated carbocycles. The monoisotopic (exact) mass is 900 g/mol. The second-order valence-corrected chi connectivity index (χ2v) is 19.1. The van der Waals surface area contributed by atoms with Gasteiger partial charge in [-0.15, -0.1) is 0 Å². The van der Waals surface area contributed by atoms with Crippen LogP contribution in [0.5, 0.6) is 5.75 Å². The van der Waals surface area contributed by atoms with Crippen LogP contribution in [0, 0.1) is 17.8 Å². The van der Waals surface area contributed by atoms with Crippen molar-refractivity contribution in [2.75, 3.05) is 27.4 Å². The predicted molar refractivity (Wildman–Crippen MR) is 246 cm³/mol. The van der Waals surface area contributed by atoms with Crippen LogP contribution in [0.2, 0.25) is 0 Å². The van der Waals surface area contributed by atoms with E-state index in [0.717, 1.165) is 112 Å². The summed E-state index contributed by atoms with van der Waals surface area (Å²) in [4.78, 5) is 74.8. The minimum absolute atomic E-state index is 0.0338. The summed E-state index contributed by atoms with van der Waals surface area (Å²) in [5.41, 5.74) is 6.67. The van der Waals surface area contributed by atoms with E-state index in [0.29, 0.717) is 38.6 Å². The number of carbonyl (C=O) groups is 4. The Morgan fingerprint density at radius 1 is 0.848 bits per heavy atom. The van der Waals surface area contributed by atoms with Crippen LogP contribution >= 0.6 is 0 Å². The maximum Gasteiger partial charge on any atom is 0.407 e. The Hall–Kier alpha value is -6.16. The molecular formula is C50H60N8O8. The van der Waals surface area contributed by atoms with Crippen LogP contribution < -0.4 is 15.4 Å². The number of benzene rings is 3. The highest BCUT2D eigenvalue weighted by Crippen LogP contribution is 2.49. The molecule has 16 nitrogen and oxygen atoms in total. The molecule has 3 saturated heterocycles. The SMILES string of the molecule is CC[C@H]1CC[C@@H](c2ncc(-c3ccc4c(c3)COc3cc5c(ccc6[nH]c([C@@H]7C[C@@H]8CCC[C@@H]8N7C(=O)[C@@H](NC(=O)OC)C7CCOCC7)nc65)cc3-4)[nH]2)N1C(=O)[C@@H](NC(=O)OC)C(C)C. The zero-order chi connectivity index (χ0) is 45.8. The third-order valence-electron chi connectivity index (χ3n) is 15.1. The van der Waals surface area contributed by atoms with E-state index in [9.17, 15) is 19.2 Å². The van der Waals surface area contributed by atoms with E-state index in [1.54, 1.807) is 0 Å². The van der Waals surface area contributed by atoms with Gasteiger partial charge in [-0.1, -0.05) is 45.4 Å². The van der Waals surface area contributed by atoms with Crippen molar-refractivity contribution in [3.63, 3.8) is 0 Å². The van der Waals surface area contributed by atoms with Crippen LogP contribution in [0.4, 0.5) is 9.59 Å². The molecule has 3 aromatic carbocycles. The second-order valence-electron chi connectivity index (χ2n) is 19.1. The lowest BCUT2D eigenvalue weighted by atomic mass is 9.90. The number of ether oxygens (including phenoxy) is 4. The Bertz CT molecular complexity index is 2670. The minimum atomic E-state index is -0.718. The fraction of sp³-hybridized carbons (Fsp3) is 0.520. The number of H-pyrrole nitrogens is 2. The Labute approximate surface area is 383 Å². The van der Waals surface area contributed by atoms with Gasteiger partial charge in [0.2, 0.25) is 11.8 Å². The first-order valence-corrected chi connectivity index (χ1v) is 23.7. The largest absolute Gasteiger partial charge is 0.488 e. The minimum Gasteiger partial charge on any atom is -0.488 e. The summed E-state index contributed by atoms with van der Waals surface area (Å²) < 4.78 is 22.0. The maximum atomic E-state index is 14.7. The lowest BCUT2D eigenvalue weighted by molar-refractivity contribution is -0.139. The van der Waals surface area contributed by atoms with Crippen LogP contribution in [-0.2, 0) is 30.4 Å². The van der Waals surface area contributed by atoms with E-state index in [1.165, 1.54) is 14.2 Å². The lowest BCUT2D eigenvalue weighted by Gasteiger charge is -2.36. The van der Waals surface area contributed by atoms with Gasteiger partial charge in [0.1, 0.15) is 36.1 Å². The van der Waals surface area contributed by atoms with Crippen molar-refractivity contribution in [2.24, 2.45) is 17.8 Å². The van der Waals surface area contributed by atoms with E-state index in [-0.39, 0.29) is 47.8 Å².